The number of amides is 1. The van der Waals surface area contributed by atoms with Crippen LogP contribution in [-0.2, 0) is 4.79 Å². The summed E-state index contributed by atoms with van der Waals surface area (Å²) in [5, 5.41) is 2.83. The lowest BCUT2D eigenvalue weighted by atomic mass is 9.98. The Bertz CT molecular complexity index is 645. The van der Waals surface area contributed by atoms with Gasteiger partial charge < -0.3 is 15.8 Å². The molecule has 0 aliphatic heterocycles. The third-order valence-electron chi connectivity index (χ3n) is 3.91. The summed E-state index contributed by atoms with van der Waals surface area (Å²) >= 11 is 0. The molecule has 0 unspecified atom stereocenters. The zero-order chi connectivity index (χ0) is 15.4. The number of hydrogen-bond acceptors (Lipinski definition) is 4. The second kappa shape index (κ2) is 8.87. The highest BCUT2D eigenvalue weighted by molar-refractivity contribution is 5.98. The molecule has 1 heterocycles. The summed E-state index contributed by atoms with van der Waals surface area (Å²) in [6.45, 7) is 0. The third-order valence-corrected chi connectivity index (χ3v) is 3.91. The zero-order valence-electron chi connectivity index (χ0n) is 13.1. The highest BCUT2D eigenvalue weighted by Gasteiger charge is 2.36. The van der Waals surface area contributed by atoms with Gasteiger partial charge in [0.1, 0.15) is 5.75 Å². The number of anilines is 1. The maximum atomic E-state index is 12.2. The number of para-hydroxylation sites is 1. The lowest BCUT2D eigenvalue weighted by Crippen LogP contribution is -2.48. The van der Waals surface area contributed by atoms with Crippen LogP contribution < -0.4 is 15.8 Å². The number of pyridine rings is 1. The number of carbonyl (C=O) groups is 1. The van der Waals surface area contributed by atoms with Gasteiger partial charge in [0.2, 0.25) is 11.8 Å². The molecule has 24 heavy (non-hydrogen) atoms. The molecule has 3 N–H and O–H groups in total. The van der Waals surface area contributed by atoms with Gasteiger partial charge in [-0.3, -0.25) is 4.79 Å². The lowest BCUT2D eigenvalue weighted by Gasteiger charge is -2.22. The molecule has 1 aliphatic rings. The Morgan fingerprint density at radius 2 is 1.75 bits per heavy atom. The van der Waals surface area contributed by atoms with Crippen LogP contribution in [-0.4, -0.2) is 16.4 Å². The van der Waals surface area contributed by atoms with E-state index in [1.165, 1.54) is 0 Å². The molecular formula is C17H21Cl2N3O2. The molecule has 1 aromatic heterocycles. The smallest absolute Gasteiger partial charge is 0.244 e. The van der Waals surface area contributed by atoms with Crippen molar-refractivity contribution < 1.29 is 9.53 Å². The molecule has 0 atom stereocenters. The fraction of sp³-hybridized carbons (Fsp3) is 0.294. The summed E-state index contributed by atoms with van der Waals surface area (Å²) in [7, 11) is 0. The van der Waals surface area contributed by atoms with Gasteiger partial charge in [0.15, 0.2) is 0 Å². The van der Waals surface area contributed by atoms with E-state index < -0.39 is 5.54 Å². The molecule has 2 aromatic rings. The minimum absolute atomic E-state index is 0. The van der Waals surface area contributed by atoms with Crippen LogP contribution in [0.4, 0.5) is 5.69 Å². The van der Waals surface area contributed by atoms with Crippen molar-refractivity contribution in [3.05, 3.63) is 48.7 Å². The van der Waals surface area contributed by atoms with Crippen molar-refractivity contribution in [1.29, 1.82) is 0 Å². The van der Waals surface area contributed by atoms with Gasteiger partial charge >= 0.3 is 0 Å². The van der Waals surface area contributed by atoms with Crippen molar-refractivity contribution in [3.8, 4) is 11.6 Å². The number of hydrogen-bond donors (Lipinski definition) is 2. The van der Waals surface area contributed by atoms with Crippen molar-refractivity contribution in [2.75, 3.05) is 5.32 Å². The molecular weight excluding hydrogens is 349 g/mol. The molecule has 1 aliphatic carbocycles. The van der Waals surface area contributed by atoms with Crippen LogP contribution in [0.2, 0.25) is 0 Å². The number of aromatic nitrogens is 1. The standard InChI is InChI=1S/C17H19N3O2.2ClH/c18-17(10-4-5-11-17)16(21)20-13-8-9-15(19-12-13)22-14-6-2-1-3-7-14;;/h1-3,6-9,12H,4-5,10-11,18H2,(H,20,21);2*1H. The van der Waals surface area contributed by atoms with E-state index in [-0.39, 0.29) is 30.7 Å². The average Bonchev–Trinajstić information content (AvgIpc) is 2.98. The first-order chi connectivity index (χ1) is 10.7. The largest absolute Gasteiger partial charge is 0.439 e. The second-order valence-corrected chi connectivity index (χ2v) is 5.62. The molecule has 0 spiro atoms. The monoisotopic (exact) mass is 369 g/mol. The van der Waals surface area contributed by atoms with Gasteiger partial charge in [-0.1, -0.05) is 31.0 Å². The summed E-state index contributed by atoms with van der Waals surface area (Å²) < 4.78 is 5.61. The number of carbonyl (C=O) groups excluding carboxylic acids is 1. The second-order valence-electron chi connectivity index (χ2n) is 5.62. The van der Waals surface area contributed by atoms with E-state index in [1.54, 1.807) is 18.3 Å². The lowest BCUT2D eigenvalue weighted by molar-refractivity contribution is -0.121. The third kappa shape index (κ3) is 4.84. The molecule has 0 radical (unpaired) electrons. The van der Waals surface area contributed by atoms with Crippen LogP contribution in [0, 0.1) is 0 Å². The van der Waals surface area contributed by atoms with E-state index in [9.17, 15) is 4.79 Å². The van der Waals surface area contributed by atoms with Crippen molar-refractivity contribution in [1.82, 2.24) is 4.98 Å². The van der Waals surface area contributed by atoms with E-state index in [1.807, 2.05) is 30.3 Å². The van der Waals surface area contributed by atoms with Crippen LogP contribution in [0.15, 0.2) is 48.7 Å². The number of ether oxygens (including phenoxy) is 1. The Labute approximate surface area is 153 Å². The summed E-state index contributed by atoms with van der Waals surface area (Å²) in [5.41, 5.74) is 6.02. The minimum atomic E-state index is -0.737. The number of nitrogens with zero attached hydrogens (tertiary/aromatic N) is 1. The fourth-order valence-corrected chi connectivity index (χ4v) is 2.61. The highest BCUT2D eigenvalue weighted by atomic mass is 35.5. The van der Waals surface area contributed by atoms with Crippen LogP contribution in [0.3, 0.4) is 0 Å². The normalized spacial score (nSPS) is 14.9. The molecule has 130 valence electrons. The summed E-state index contributed by atoms with van der Waals surface area (Å²) in [5.74, 6) is 1.06. The van der Waals surface area contributed by atoms with Crippen molar-refractivity contribution >= 4 is 36.4 Å². The van der Waals surface area contributed by atoms with Gasteiger partial charge in [-0.15, -0.1) is 24.8 Å². The Kier molecular flexibility index (Phi) is 7.48. The number of nitrogens with two attached hydrogens (primary N) is 1. The number of halogens is 2. The summed E-state index contributed by atoms with van der Waals surface area (Å²) in [4.78, 5) is 16.4. The predicted molar refractivity (Wildman–Crippen MR) is 99.3 cm³/mol. The molecule has 0 saturated heterocycles. The SMILES string of the molecule is Cl.Cl.NC1(C(=O)Nc2ccc(Oc3ccccc3)nc2)CCCC1. The van der Waals surface area contributed by atoms with Crippen molar-refractivity contribution in [2.24, 2.45) is 5.73 Å². The first-order valence-electron chi connectivity index (χ1n) is 7.45. The van der Waals surface area contributed by atoms with Gasteiger partial charge in [-0.2, -0.15) is 0 Å². The maximum Gasteiger partial charge on any atom is 0.244 e. The minimum Gasteiger partial charge on any atom is -0.439 e. The predicted octanol–water partition coefficient (Wildman–Crippen LogP) is 3.93. The van der Waals surface area contributed by atoms with Crippen molar-refractivity contribution in [3.63, 3.8) is 0 Å². The van der Waals surface area contributed by atoms with Gasteiger partial charge in [0.25, 0.3) is 0 Å². The molecule has 7 heteroatoms. The summed E-state index contributed by atoms with van der Waals surface area (Å²) in [6, 6.07) is 12.9. The number of rotatable bonds is 4. The Morgan fingerprint density at radius 3 is 2.33 bits per heavy atom. The molecule has 1 aromatic carbocycles. The van der Waals surface area contributed by atoms with E-state index in [4.69, 9.17) is 10.5 Å². The van der Waals surface area contributed by atoms with Crippen LogP contribution in [0.1, 0.15) is 25.7 Å². The topological polar surface area (TPSA) is 77.2 Å². The number of nitrogens with one attached hydrogen (secondary N) is 1. The Morgan fingerprint density at radius 1 is 1.08 bits per heavy atom. The highest BCUT2D eigenvalue weighted by Crippen LogP contribution is 2.28. The van der Waals surface area contributed by atoms with Crippen LogP contribution >= 0.6 is 24.8 Å². The Hall–Kier alpha value is -1.82. The van der Waals surface area contributed by atoms with E-state index >= 15 is 0 Å². The zero-order valence-corrected chi connectivity index (χ0v) is 14.7. The molecule has 1 amide bonds. The molecule has 5 nitrogen and oxygen atoms in total. The summed E-state index contributed by atoms with van der Waals surface area (Å²) in [6.07, 6.45) is 5.06. The number of benzene rings is 1. The first-order valence-corrected chi connectivity index (χ1v) is 7.45. The van der Waals surface area contributed by atoms with E-state index in [0.717, 1.165) is 31.4 Å². The fourth-order valence-electron chi connectivity index (χ4n) is 2.61. The Balaban J connectivity index is 0.00000144. The molecule has 0 bridgehead atoms. The van der Waals surface area contributed by atoms with Crippen LogP contribution in [0.5, 0.6) is 11.6 Å². The van der Waals surface area contributed by atoms with E-state index in [2.05, 4.69) is 10.3 Å². The van der Waals surface area contributed by atoms with E-state index in [0.29, 0.717) is 11.6 Å². The molecule has 1 saturated carbocycles. The quantitative estimate of drug-likeness (QED) is 0.855. The molecule has 3 rings (SSSR count). The van der Waals surface area contributed by atoms with Gasteiger partial charge in [0.05, 0.1) is 17.4 Å². The van der Waals surface area contributed by atoms with Gasteiger partial charge in [-0.25, -0.2) is 4.98 Å². The average molecular weight is 370 g/mol. The van der Waals surface area contributed by atoms with Crippen molar-refractivity contribution in [2.45, 2.75) is 31.2 Å². The molecule has 1 fully saturated rings. The maximum absolute atomic E-state index is 12.2. The van der Waals surface area contributed by atoms with Crippen LogP contribution in [0.25, 0.3) is 0 Å². The van der Waals surface area contributed by atoms with Gasteiger partial charge in [-0.05, 0) is 31.0 Å². The van der Waals surface area contributed by atoms with Gasteiger partial charge in [0, 0.05) is 6.07 Å². The first kappa shape index (κ1) is 20.2.